The fourth-order valence-corrected chi connectivity index (χ4v) is 6.65. The third-order valence-corrected chi connectivity index (χ3v) is 9.93. The number of aromatic nitrogens is 3. The number of para-hydroxylation sites is 2. The first kappa shape index (κ1) is 28.2. The largest absolute Gasteiger partial charge is 0.498 e. The molecule has 0 spiro atoms. The van der Waals surface area contributed by atoms with Gasteiger partial charge in [0.1, 0.15) is 23.0 Å². The second kappa shape index (κ2) is 10.2. The number of hydrogen-bond donors (Lipinski definition) is 0. The Morgan fingerprint density at radius 3 is 2.21 bits per heavy atom. The van der Waals surface area contributed by atoms with E-state index in [1.54, 1.807) is 0 Å². The van der Waals surface area contributed by atoms with Crippen molar-refractivity contribution in [3.8, 4) is 28.5 Å². The summed E-state index contributed by atoms with van der Waals surface area (Å²) < 4.78 is 25.6. The predicted molar refractivity (Wildman–Crippen MR) is 185 cm³/mol. The van der Waals surface area contributed by atoms with Gasteiger partial charge in [-0.15, -0.1) is 0 Å². The molecule has 4 heterocycles. The summed E-state index contributed by atoms with van der Waals surface area (Å²) in [5, 5.41) is 1.96. The van der Waals surface area contributed by atoms with Crippen LogP contribution in [-0.2, 0) is 9.31 Å². The summed E-state index contributed by atoms with van der Waals surface area (Å²) in [5.41, 5.74) is 6.65. The lowest BCUT2D eigenvalue weighted by molar-refractivity contribution is 0.00578. The van der Waals surface area contributed by atoms with Crippen LogP contribution in [0.4, 0.5) is 0 Å². The predicted octanol–water partition coefficient (Wildman–Crippen LogP) is 8.04. The molecule has 1 unspecified atom stereocenters. The molecule has 3 aliphatic rings. The first-order chi connectivity index (χ1) is 22.7. The van der Waals surface area contributed by atoms with Crippen LogP contribution in [0.1, 0.15) is 45.5 Å². The first-order valence-corrected chi connectivity index (χ1v) is 16.0. The molecule has 7 nitrogen and oxygen atoms in total. The van der Waals surface area contributed by atoms with Crippen molar-refractivity contribution >= 4 is 45.7 Å². The molecule has 0 saturated carbocycles. The van der Waals surface area contributed by atoms with E-state index >= 15 is 0 Å². The van der Waals surface area contributed by atoms with E-state index in [1.807, 2.05) is 72.8 Å². The van der Waals surface area contributed by atoms with Gasteiger partial charge >= 0.3 is 7.12 Å². The third kappa shape index (κ3) is 4.54. The zero-order valence-electron chi connectivity index (χ0n) is 26.7. The van der Waals surface area contributed by atoms with Crippen molar-refractivity contribution < 1.29 is 18.5 Å². The van der Waals surface area contributed by atoms with Crippen molar-refractivity contribution in [2.75, 3.05) is 0 Å². The quantitative estimate of drug-likeness (QED) is 0.185. The van der Waals surface area contributed by atoms with Crippen molar-refractivity contribution in [1.82, 2.24) is 15.0 Å². The Balaban J connectivity index is 1.14. The average Bonchev–Trinajstić information content (AvgIpc) is 3.72. The van der Waals surface area contributed by atoms with E-state index in [4.69, 9.17) is 33.4 Å². The van der Waals surface area contributed by atoms with Crippen LogP contribution in [0.5, 0.6) is 5.75 Å². The van der Waals surface area contributed by atoms with Gasteiger partial charge in [0, 0.05) is 50.5 Å². The van der Waals surface area contributed by atoms with Crippen LogP contribution in [0, 0.1) is 0 Å². The topological polar surface area (TPSA) is 79.5 Å². The highest BCUT2D eigenvalue weighted by molar-refractivity contribution is 6.65. The highest BCUT2D eigenvalue weighted by Crippen LogP contribution is 2.43. The second-order valence-corrected chi connectivity index (χ2v) is 13.4. The molecule has 47 heavy (non-hydrogen) atoms. The molecule has 1 fully saturated rings. The summed E-state index contributed by atoms with van der Waals surface area (Å²) in [6.07, 6.45) is 4.86. The van der Waals surface area contributed by atoms with E-state index in [1.165, 1.54) is 5.57 Å². The normalized spacial score (nSPS) is 19.3. The Labute approximate surface area is 273 Å². The molecule has 4 aromatic carbocycles. The molecular weight excluding hydrogens is 585 g/mol. The summed E-state index contributed by atoms with van der Waals surface area (Å²) in [6, 6.07) is 30.5. The van der Waals surface area contributed by atoms with Crippen molar-refractivity contribution in [3.05, 3.63) is 115 Å². The van der Waals surface area contributed by atoms with Crippen LogP contribution in [0.2, 0.25) is 0 Å². The van der Waals surface area contributed by atoms with Crippen molar-refractivity contribution in [1.29, 1.82) is 0 Å². The molecule has 2 aliphatic heterocycles. The highest BCUT2D eigenvalue weighted by atomic mass is 16.7. The maximum Gasteiger partial charge on any atom is 0.498 e. The van der Waals surface area contributed by atoms with Gasteiger partial charge in [-0.2, -0.15) is 0 Å². The van der Waals surface area contributed by atoms with E-state index in [9.17, 15) is 0 Å². The van der Waals surface area contributed by atoms with E-state index in [0.29, 0.717) is 23.9 Å². The molecule has 9 rings (SSSR count). The first-order valence-electron chi connectivity index (χ1n) is 16.0. The molecule has 1 saturated heterocycles. The number of benzene rings is 4. The van der Waals surface area contributed by atoms with Gasteiger partial charge < -0.3 is 18.5 Å². The van der Waals surface area contributed by atoms with Crippen molar-refractivity contribution in [3.63, 3.8) is 0 Å². The van der Waals surface area contributed by atoms with E-state index in [-0.39, 0.29) is 6.10 Å². The van der Waals surface area contributed by atoms with Crippen LogP contribution in [0.3, 0.4) is 0 Å². The standard InChI is InChI=1S/C39H32BN3O4/c1-38(2)39(3,4)47-40(46-38)30-15-10-14-28-29-21-24(18-20-32(29)45-34(28)30)36-41-35(23-11-6-5-7-12-23)42-37(43-36)25-17-19-27-26-13-8-9-16-31(26)44-33(27)22-25/h5-21,33H,22H2,1-4H3. The van der Waals surface area contributed by atoms with Gasteiger partial charge in [0.15, 0.2) is 17.5 Å². The Hall–Kier alpha value is -5.05. The minimum absolute atomic E-state index is 0.0698. The molecule has 1 aliphatic carbocycles. The van der Waals surface area contributed by atoms with E-state index in [2.05, 4.69) is 58.0 Å². The van der Waals surface area contributed by atoms with Crippen LogP contribution >= 0.6 is 0 Å². The van der Waals surface area contributed by atoms with Gasteiger partial charge in [0.05, 0.1) is 11.2 Å². The van der Waals surface area contributed by atoms with E-state index in [0.717, 1.165) is 55.4 Å². The number of rotatable bonds is 4. The van der Waals surface area contributed by atoms with Gasteiger partial charge in [0.2, 0.25) is 0 Å². The number of hydrogen-bond acceptors (Lipinski definition) is 7. The van der Waals surface area contributed by atoms with Crippen molar-refractivity contribution in [2.24, 2.45) is 0 Å². The summed E-state index contributed by atoms with van der Waals surface area (Å²) >= 11 is 0. The lowest BCUT2D eigenvalue weighted by Gasteiger charge is -2.32. The third-order valence-electron chi connectivity index (χ3n) is 9.93. The number of ether oxygens (including phenoxy) is 1. The Bertz CT molecular complexity index is 2270. The molecule has 0 radical (unpaired) electrons. The number of furan rings is 1. The zero-order chi connectivity index (χ0) is 31.9. The summed E-state index contributed by atoms with van der Waals surface area (Å²) in [5.74, 6) is 2.78. The zero-order valence-corrected chi connectivity index (χ0v) is 26.7. The fraction of sp³-hybridized carbons (Fsp3) is 0.205. The maximum absolute atomic E-state index is 6.46. The van der Waals surface area contributed by atoms with Crippen molar-refractivity contribution in [2.45, 2.75) is 51.4 Å². The van der Waals surface area contributed by atoms with Gasteiger partial charge in [-0.1, -0.05) is 78.9 Å². The number of nitrogens with zero attached hydrogens (tertiary/aromatic N) is 3. The van der Waals surface area contributed by atoms with E-state index < -0.39 is 18.3 Å². The average molecular weight is 618 g/mol. The Kier molecular flexibility index (Phi) is 6.14. The Morgan fingerprint density at radius 1 is 0.681 bits per heavy atom. The second-order valence-electron chi connectivity index (χ2n) is 13.4. The van der Waals surface area contributed by atoms with Gasteiger partial charge in [0.25, 0.3) is 0 Å². The monoisotopic (exact) mass is 617 g/mol. The van der Waals surface area contributed by atoms with Gasteiger partial charge in [-0.3, -0.25) is 0 Å². The smallest absolute Gasteiger partial charge is 0.485 e. The molecule has 230 valence electrons. The summed E-state index contributed by atoms with van der Waals surface area (Å²) in [4.78, 5) is 15.0. The number of fused-ring (bicyclic) bond motifs is 6. The molecule has 1 atom stereocenters. The summed E-state index contributed by atoms with van der Waals surface area (Å²) in [7, 11) is -0.529. The summed E-state index contributed by atoms with van der Waals surface area (Å²) in [6.45, 7) is 8.23. The molecule has 0 N–H and O–H groups in total. The molecule has 0 amide bonds. The SMILES string of the molecule is CC1(C)OB(c2cccc3c2oc2ccc(-c4nc(C5=CC=C6c7ccccc7OC6C5)nc(-c5ccccc5)n4)cc23)OC1(C)C. The van der Waals surface area contributed by atoms with Gasteiger partial charge in [-0.25, -0.2) is 15.0 Å². The lowest BCUT2D eigenvalue weighted by Crippen LogP contribution is -2.41. The molecule has 0 bridgehead atoms. The fourth-order valence-electron chi connectivity index (χ4n) is 6.65. The highest BCUT2D eigenvalue weighted by Gasteiger charge is 2.52. The Morgan fingerprint density at radius 2 is 1.40 bits per heavy atom. The molecular formula is C39H32BN3O4. The van der Waals surface area contributed by atoms with Gasteiger partial charge in [-0.05, 0) is 52.0 Å². The molecule has 6 aromatic rings. The minimum Gasteiger partial charge on any atom is -0.485 e. The van der Waals surface area contributed by atoms with Crippen LogP contribution in [-0.4, -0.2) is 39.4 Å². The molecule has 2 aromatic heterocycles. The van der Waals surface area contributed by atoms with Crippen LogP contribution < -0.4 is 10.2 Å². The minimum atomic E-state index is -0.529. The number of allylic oxidation sites excluding steroid dienone is 2. The maximum atomic E-state index is 6.46. The van der Waals surface area contributed by atoms with Crippen LogP contribution in [0.25, 0.3) is 55.9 Å². The van der Waals surface area contributed by atoms with Crippen LogP contribution in [0.15, 0.2) is 108 Å². The lowest BCUT2D eigenvalue weighted by atomic mass is 9.78. The molecule has 8 heteroatoms.